The molecule has 0 aromatic heterocycles. The lowest BCUT2D eigenvalue weighted by Gasteiger charge is -2.18. The average molecular weight is 497 g/mol. The molecule has 3 aromatic carbocycles. The van der Waals surface area contributed by atoms with Gasteiger partial charge in [-0.25, -0.2) is 17.6 Å². The van der Waals surface area contributed by atoms with Crippen LogP contribution in [0, 0.1) is 12.7 Å². The number of benzene rings is 3. The van der Waals surface area contributed by atoms with E-state index in [0.717, 1.165) is 5.56 Å². The first kappa shape index (κ1) is 24.2. The summed E-state index contributed by atoms with van der Waals surface area (Å²) in [6.45, 7) is 2.69. The number of rotatable bonds is 6. The number of carbonyl (C=O) groups excluding carboxylic acids is 2. The highest BCUT2D eigenvalue weighted by atomic mass is 32.2. The summed E-state index contributed by atoms with van der Waals surface area (Å²) in [5.74, 6) is -0.641. The van der Waals surface area contributed by atoms with Crippen molar-refractivity contribution in [3.8, 4) is 0 Å². The van der Waals surface area contributed by atoms with Crippen molar-refractivity contribution in [2.45, 2.75) is 24.3 Å². The van der Waals surface area contributed by atoms with Crippen LogP contribution < -0.4 is 15.4 Å². The maximum Gasteiger partial charge on any atom is 0.319 e. The summed E-state index contributed by atoms with van der Waals surface area (Å²) < 4.78 is 40.8. The van der Waals surface area contributed by atoms with Crippen molar-refractivity contribution in [1.29, 1.82) is 0 Å². The van der Waals surface area contributed by atoms with Crippen LogP contribution in [-0.2, 0) is 10.0 Å². The minimum absolute atomic E-state index is 0.0491. The third-order valence-corrected chi connectivity index (χ3v) is 7.03. The highest BCUT2D eigenvalue weighted by molar-refractivity contribution is 7.92. The van der Waals surface area contributed by atoms with Gasteiger partial charge in [0.25, 0.3) is 15.9 Å². The smallest absolute Gasteiger partial charge is 0.319 e. The molecule has 1 aliphatic heterocycles. The predicted octanol–water partition coefficient (Wildman–Crippen LogP) is 3.97. The van der Waals surface area contributed by atoms with Crippen molar-refractivity contribution in [3.63, 3.8) is 0 Å². The normalized spacial score (nSPS) is 15.5. The fourth-order valence-electron chi connectivity index (χ4n) is 3.74. The Morgan fingerprint density at radius 1 is 0.914 bits per heavy atom. The van der Waals surface area contributed by atoms with Gasteiger partial charge in [-0.1, -0.05) is 17.7 Å². The molecule has 0 bridgehead atoms. The van der Waals surface area contributed by atoms with Gasteiger partial charge in [0.1, 0.15) is 5.82 Å². The number of halogens is 1. The van der Waals surface area contributed by atoms with Gasteiger partial charge in [-0.05, 0) is 74.0 Å². The molecule has 0 saturated carbocycles. The van der Waals surface area contributed by atoms with E-state index in [1.807, 2.05) is 19.1 Å². The standard InChI is InChI=1S/C25H25FN4O4S/c1-17-2-8-21(9-3-17)29-35(33,34)23-12-4-18(5-13-23)24(31)30-15-14-22(16-30)28-25(32)27-20-10-6-19(26)7-11-20/h2-13,22,29H,14-16H2,1H3,(H2,27,28,32). The van der Waals surface area contributed by atoms with Gasteiger partial charge in [0.2, 0.25) is 0 Å². The van der Waals surface area contributed by atoms with Gasteiger partial charge >= 0.3 is 6.03 Å². The Hall–Kier alpha value is -3.92. The number of likely N-dealkylation sites (tertiary alicyclic amines) is 1. The van der Waals surface area contributed by atoms with Crippen molar-refractivity contribution in [1.82, 2.24) is 10.2 Å². The molecule has 0 aliphatic carbocycles. The topological polar surface area (TPSA) is 108 Å². The molecule has 1 aliphatic rings. The first-order valence-corrected chi connectivity index (χ1v) is 12.5. The molecule has 1 unspecified atom stereocenters. The van der Waals surface area contributed by atoms with Gasteiger partial charge in [-0.3, -0.25) is 9.52 Å². The molecule has 3 aromatic rings. The number of anilines is 2. The van der Waals surface area contributed by atoms with E-state index in [4.69, 9.17) is 0 Å². The van der Waals surface area contributed by atoms with E-state index >= 15 is 0 Å². The third-order valence-electron chi connectivity index (χ3n) is 5.63. The van der Waals surface area contributed by atoms with Crippen LogP contribution in [0.5, 0.6) is 0 Å². The number of aryl methyl sites for hydroxylation is 1. The molecule has 1 saturated heterocycles. The Bertz CT molecular complexity index is 1310. The predicted molar refractivity (Wildman–Crippen MR) is 131 cm³/mol. The summed E-state index contributed by atoms with van der Waals surface area (Å²) in [7, 11) is -3.79. The zero-order valence-electron chi connectivity index (χ0n) is 19.0. The van der Waals surface area contributed by atoms with E-state index in [0.29, 0.717) is 36.4 Å². The largest absolute Gasteiger partial charge is 0.337 e. The molecular formula is C25H25FN4O4S. The second-order valence-electron chi connectivity index (χ2n) is 8.34. The zero-order chi connectivity index (χ0) is 25.0. The summed E-state index contributed by atoms with van der Waals surface area (Å²) in [4.78, 5) is 26.7. The molecule has 8 nitrogen and oxygen atoms in total. The summed E-state index contributed by atoms with van der Waals surface area (Å²) in [5.41, 5.74) is 2.29. The molecule has 4 rings (SSSR count). The Balaban J connectivity index is 1.32. The highest BCUT2D eigenvalue weighted by Crippen LogP contribution is 2.19. The summed E-state index contributed by atoms with van der Waals surface area (Å²) >= 11 is 0. The molecule has 182 valence electrons. The highest BCUT2D eigenvalue weighted by Gasteiger charge is 2.28. The molecule has 35 heavy (non-hydrogen) atoms. The van der Waals surface area contributed by atoms with E-state index in [9.17, 15) is 22.4 Å². The van der Waals surface area contributed by atoms with Crippen LogP contribution in [0.3, 0.4) is 0 Å². The van der Waals surface area contributed by atoms with Gasteiger partial charge < -0.3 is 15.5 Å². The first-order valence-electron chi connectivity index (χ1n) is 11.0. The molecule has 3 N–H and O–H groups in total. The maximum absolute atomic E-state index is 13.0. The van der Waals surface area contributed by atoms with Crippen LogP contribution in [0.15, 0.2) is 77.7 Å². The van der Waals surface area contributed by atoms with Crippen LogP contribution in [0.2, 0.25) is 0 Å². The van der Waals surface area contributed by atoms with Crippen molar-refractivity contribution in [3.05, 3.63) is 89.7 Å². The Kier molecular flexibility index (Phi) is 7.02. The average Bonchev–Trinajstić information content (AvgIpc) is 3.30. The first-order chi connectivity index (χ1) is 16.7. The summed E-state index contributed by atoms with van der Waals surface area (Å²) in [5, 5.41) is 5.44. The van der Waals surface area contributed by atoms with E-state index < -0.39 is 21.9 Å². The van der Waals surface area contributed by atoms with Gasteiger partial charge in [0, 0.05) is 36.1 Å². The zero-order valence-corrected chi connectivity index (χ0v) is 19.8. The van der Waals surface area contributed by atoms with Crippen molar-refractivity contribution >= 4 is 33.3 Å². The molecule has 1 atom stereocenters. The van der Waals surface area contributed by atoms with Gasteiger partial charge in [-0.15, -0.1) is 0 Å². The second kappa shape index (κ2) is 10.1. The van der Waals surface area contributed by atoms with Crippen molar-refractivity contribution in [2.24, 2.45) is 0 Å². The molecule has 0 radical (unpaired) electrons. The lowest BCUT2D eigenvalue weighted by molar-refractivity contribution is 0.0789. The number of sulfonamides is 1. The van der Waals surface area contributed by atoms with E-state index in [1.54, 1.807) is 17.0 Å². The van der Waals surface area contributed by atoms with E-state index in [2.05, 4.69) is 15.4 Å². The Morgan fingerprint density at radius 3 is 2.20 bits per heavy atom. The molecule has 1 fully saturated rings. The lowest BCUT2D eigenvalue weighted by Crippen LogP contribution is -2.40. The Morgan fingerprint density at radius 2 is 1.54 bits per heavy atom. The maximum atomic E-state index is 13.0. The van der Waals surface area contributed by atoms with Crippen LogP contribution in [-0.4, -0.2) is 44.4 Å². The monoisotopic (exact) mass is 496 g/mol. The minimum Gasteiger partial charge on any atom is -0.337 e. The third kappa shape index (κ3) is 6.15. The number of hydrogen-bond acceptors (Lipinski definition) is 4. The van der Waals surface area contributed by atoms with Gasteiger partial charge in [0.05, 0.1) is 4.90 Å². The number of carbonyl (C=O) groups is 2. The van der Waals surface area contributed by atoms with E-state index in [-0.39, 0.29) is 16.8 Å². The number of urea groups is 1. The molecule has 10 heteroatoms. The molecule has 3 amide bonds. The van der Waals surface area contributed by atoms with Gasteiger partial charge in [0.15, 0.2) is 0 Å². The van der Waals surface area contributed by atoms with Gasteiger partial charge in [-0.2, -0.15) is 0 Å². The number of nitrogens with zero attached hydrogens (tertiary/aromatic N) is 1. The van der Waals surface area contributed by atoms with Crippen LogP contribution >= 0.6 is 0 Å². The molecular weight excluding hydrogens is 471 g/mol. The Labute approximate surface area is 203 Å². The van der Waals surface area contributed by atoms with E-state index in [1.165, 1.54) is 48.5 Å². The number of amides is 3. The van der Waals surface area contributed by atoms with Crippen LogP contribution in [0.1, 0.15) is 22.3 Å². The fourth-order valence-corrected chi connectivity index (χ4v) is 4.80. The fraction of sp³-hybridized carbons (Fsp3) is 0.200. The van der Waals surface area contributed by atoms with Crippen LogP contribution in [0.25, 0.3) is 0 Å². The number of nitrogens with one attached hydrogen (secondary N) is 3. The van der Waals surface area contributed by atoms with Crippen molar-refractivity contribution < 1.29 is 22.4 Å². The lowest BCUT2D eigenvalue weighted by atomic mass is 10.2. The van der Waals surface area contributed by atoms with Crippen LogP contribution in [0.4, 0.5) is 20.6 Å². The SMILES string of the molecule is Cc1ccc(NS(=O)(=O)c2ccc(C(=O)N3CCC(NC(=O)Nc4ccc(F)cc4)C3)cc2)cc1. The quantitative estimate of drug-likeness (QED) is 0.480. The minimum atomic E-state index is -3.79. The van der Waals surface area contributed by atoms with Crippen molar-refractivity contribution in [2.75, 3.05) is 23.1 Å². The summed E-state index contributed by atoms with van der Waals surface area (Å²) in [6, 6.07) is 17.5. The molecule has 0 spiro atoms. The number of hydrogen-bond donors (Lipinski definition) is 3. The summed E-state index contributed by atoms with van der Waals surface area (Å²) in [6.07, 6.45) is 0.579. The molecule has 1 heterocycles. The second-order valence-corrected chi connectivity index (χ2v) is 10.0.